The van der Waals surface area contributed by atoms with E-state index in [1.807, 2.05) is 6.92 Å². The molecule has 1 aromatic rings. The normalized spacial score (nSPS) is 21.8. The zero-order valence-corrected chi connectivity index (χ0v) is 12.2. The van der Waals surface area contributed by atoms with Gasteiger partial charge >= 0.3 is 0 Å². The SMILES string of the molecule is CC(C#N)(CCN1CCc2ccccc2C1)NC1CC1. The second kappa shape index (κ2) is 5.55. The Bertz CT molecular complexity index is 515. The number of benzene rings is 1. The maximum Gasteiger partial charge on any atom is 0.105 e. The first-order chi connectivity index (χ1) is 9.68. The summed E-state index contributed by atoms with van der Waals surface area (Å²) in [7, 11) is 0. The van der Waals surface area contributed by atoms with Crippen LogP contribution < -0.4 is 5.32 Å². The first kappa shape index (κ1) is 13.6. The summed E-state index contributed by atoms with van der Waals surface area (Å²) >= 11 is 0. The minimum absolute atomic E-state index is 0.363. The van der Waals surface area contributed by atoms with Gasteiger partial charge < -0.3 is 0 Å². The fourth-order valence-electron chi connectivity index (χ4n) is 2.97. The predicted octanol–water partition coefficient (Wildman–Crippen LogP) is 2.47. The Kier molecular flexibility index (Phi) is 3.78. The van der Waals surface area contributed by atoms with Crippen molar-refractivity contribution in [1.29, 1.82) is 5.26 Å². The standard InChI is InChI=1S/C17H23N3/c1-17(13-18,19-16-6-7-16)9-11-20-10-8-14-4-2-3-5-15(14)12-20/h2-5,16,19H,6-12H2,1H3. The summed E-state index contributed by atoms with van der Waals surface area (Å²) < 4.78 is 0. The lowest BCUT2D eigenvalue weighted by atomic mass is 9.96. The zero-order valence-electron chi connectivity index (χ0n) is 12.2. The summed E-state index contributed by atoms with van der Waals surface area (Å²) in [4.78, 5) is 2.48. The van der Waals surface area contributed by atoms with Crippen LogP contribution in [0.5, 0.6) is 0 Å². The Morgan fingerprint density at radius 3 is 2.80 bits per heavy atom. The molecule has 0 radical (unpaired) electrons. The Hall–Kier alpha value is -1.37. The number of rotatable bonds is 5. The fourth-order valence-corrected chi connectivity index (χ4v) is 2.97. The number of nitrogens with one attached hydrogen (secondary N) is 1. The van der Waals surface area contributed by atoms with Gasteiger partial charge in [0.25, 0.3) is 0 Å². The second-order valence-corrected chi connectivity index (χ2v) is 6.41. The highest BCUT2D eigenvalue weighted by molar-refractivity contribution is 5.29. The molecule has 0 saturated heterocycles. The van der Waals surface area contributed by atoms with Crippen molar-refractivity contribution in [2.24, 2.45) is 0 Å². The molecule has 0 aromatic heterocycles. The maximum atomic E-state index is 9.42. The molecule has 3 heteroatoms. The Morgan fingerprint density at radius 1 is 1.35 bits per heavy atom. The van der Waals surface area contributed by atoms with Crippen molar-refractivity contribution in [1.82, 2.24) is 10.2 Å². The summed E-state index contributed by atoms with van der Waals surface area (Å²) in [5.74, 6) is 0. The van der Waals surface area contributed by atoms with E-state index >= 15 is 0 Å². The molecular weight excluding hydrogens is 246 g/mol. The van der Waals surface area contributed by atoms with E-state index in [1.54, 1.807) is 0 Å². The van der Waals surface area contributed by atoms with Gasteiger partial charge in [0.15, 0.2) is 0 Å². The van der Waals surface area contributed by atoms with Crippen LogP contribution in [-0.2, 0) is 13.0 Å². The van der Waals surface area contributed by atoms with Crippen molar-refractivity contribution in [2.75, 3.05) is 13.1 Å². The van der Waals surface area contributed by atoms with Crippen LogP contribution in [0.2, 0.25) is 0 Å². The van der Waals surface area contributed by atoms with Crippen molar-refractivity contribution in [2.45, 2.75) is 50.7 Å². The van der Waals surface area contributed by atoms with E-state index in [0.29, 0.717) is 6.04 Å². The topological polar surface area (TPSA) is 39.1 Å². The predicted molar refractivity (Wildman–Crippen MR) is 80.2 cm³/mol. The van der Waals surface area contributed by atoms with Crippen LogP contribution in [0.4, 0.5) is 0 Å². The summed E-state index contributed by atoms with van der Waals surface area (Å²) in [5, 5.41) is 12.9. The molecule has 0 amide bonds. The number of fused-ring (bicyclic) bond motifs is 1. The molecule has 1 atom stereocenters. The summed E-state index contributed by atoms with van der Waals surface area (Å²) in [6.07, 6.45) is 4.50. The van der Waals surface area contributed by atoms with Crippen LogP contribution in [0, 0.1) is 11.3 Å². The van der Waals surface area contributed by atoms with Crippen molar-refractivity contribution in [3.05, 3.63) is 35.4 Å². The number of nitriles is 1. The van der Waals surface area contributed by atoms with Crippen LogP contribution in [0.25, 0.3) is 0 Å². The Balaban J connectivity index is 1.55. The van der Waals surface area contributed by atoms with E-state index in [0.717, 1.165) is 32.5 Å². The lowest BCUT2D eigenvalue weighted by Crippen LogP contribution is -2.45. The molecule has 1 unspecified atom stereocenters. The van der Waals surface area contributed by atoms with Crippen LogP contribution in [0.3, 0.4) is 0 Å². The smallest absolute Gasteiger partial charge is 0.105 e. The third kappa shape index (κ3) is 3.20. The minimum atomic E-state index is -0.363. The highest BCUT2D eigenvalue weighted by Gasteiger charge is 2.32. The van der Waals surface area contributed by atoms with Crippen LogP contribution in [0.1, 0.15) is 37.3 Å². The van der Waals surface area contributed by atoms with Gasteiger partial charge in [-0.05, 0) is 43.7 Å². The molecule has 3 rings (SSSR count). The molecule has 0 spiro atoms. The molecule has 1 saturated carbocycles. The van der Waals surface area contributed by atoms with Gasteiger partial charge in [-0.2, -0.15) is 5.26 Å². The first-order valence-electron chi connectivity index (χ1n) is 7.67. The number of hydrogen-bond acceptors (Lipinski definition) is 3. The van der Waals surface area contributed by atoms with Gasteiger partial charge in [-0.1, -0.05) is 24.3 Å². The van der Waals surface area contributed by atoms with Gasteiger partial charge in [-0.15, -0.1) is 0 Å². The van der Waals surface area contributed by atoms with Gasteiger partial charge in [0.05, 0.1) is 6.07 Å². The average Bonchev–Trinajstić information content (AvgIpc) is 3.29. The third-order valence-corrected chi connectivity index (χ3v) is 4.48. The van der Waals surface area contributed by atoms with Crippen molar-refractivity contribution >= 4 is 0 Å². The molecule has 3 nitrogen and oxygen atoms in total. The number of nitrogens with zero attached hydrogens (tertiary/aromatic N) is 2. The molecule has 1 aliphatic heterocycles. The van der Waals surface area contributed by atoms with Crippen LogP contribution in [-0.4, -0.2) is 29.6 Å². The van der Waals surface area contributed by atoms with E-state index in [9.17, 15) is 5.26 Å². The molecule has 1 heterocycles. The Morgan fingerprint density at radius 2 is 2.10 bits per heavy atom. The van der Waals surface area contributed by atoms with Gasteiger partial charge in [0.2, 0.25) is 0 Å². The second-order valence-electron chi connectivity index (χ2n) is 6.41. The third-order valence-electron chi connectivity index (χ3n) is 4.48. The molecule has 1 aromatic carbocycles. The van der Waals surface area contributed by atoms with Gasteiger partial charge in [0, 0.05) is 25.7 Å². The maximum absolute atomic E-state index is 9.42. The van der Waals surface area contributed by atoms with Gasteiger partial charge in [-0.3, -0.25) is 10.2 Å². The minimum Gasteiger partial charge on any atom is -0.299 e. The van der Waals surface area contributed by atoms with E-state index in [1.165, 1.54) is 24.0 Å². The fraction of sp³-hybridized carbons (Fsp3) is 0.588. The Labute approximate surface area is 121 Å². The molecule has 1 fully saturated rings. The highest BCUT2D eigenvalue weighted by Crippen LogP contribution is 2.25. The lowest BCUT2D eigenvalue weighted by molar-refractivity contribution is 0.227. The van der Waals surface area contributed by atoms with E-state index in [2.05, 4.69) is 40.6 Å². The van der Waals surface area contributed by atoms with Crippen molar-refractivity contribution < 1.29 is 0 Å². The van der Waals surface area contributed by atoms with Crippen LogP contribution >= 0.6 is 0 Å². The van der Waals surface area contributed by atoms with E-state index in [-0.39, 0.29) is 5.54 Å². The molecule has 0 bridgehead atoms. The molecule has 1 aliphatic carbocycles. The van der Waals surface area contributed by atoms with Gasteiger partial charge in [0.1, 0.15) is 5.54 Å². The molecule has 106 valence electrons. The largest absolute Gasteiger partial charge is 0.299 e. The monoisotopic (exact) mass is 269 g/mol. The van der Waals surface area contributed by atoms with Crippen molar-refractivity contribution in [3.63, 3.8) is 0 Å². The molecule has 2 aliphatic rings. The lowest BCUT2D eigenvalue weighted by Gasteiger charge is -2.32. The van der Waals surface area contributed by atoms with E-state index in [4.69, 9.17) is 0 Å². The molecule has 20 heavy (non-hydrogen) atoms. The first-order valence-corrected chi connectivity index (χ1v) is 7.67. The molecular formula is C17H23N3. The zero-order chi connectivity index (χ0) is 14.0. The summed E-state index contributed by atoms with van der Waals surface area (Å²) in [6.45, 7) is 5.18. The quantitative estimate of drug-likeness (QED) is 0.892. The highest BCUT2D eigenvalue weighted by atomic mass is 15.1. The number of hydrogen-bond donors (Lipinski definition) is 1. The van der Waals surface area contributed by atoms with Gasteiger partial charge in [-0.25, -0.2) is 0 Å². The van der Waals surface area contributed by atoms with Crippen LogP contribution in [0.15, 0.2) is 24.3 Å². The summed E-state index contributed by atoms with van der Waals surface area (Å²) in [6, 6.07) is 11.8. The van der Waals surface area contributed by atoms with Crippen molar-refractivity contribution in [3.8, 4) is 6.07 Å². The average molecular weight is 269 g/mol. The molecule has 1 N–H and O–H groups in total. The van der Waals surface area contributed by atoms with E-state index < -0.39 is 0 Å². The summed E-state index contributed by atoms with van der Waals surface area (Å²) in [5.41, 5.74) is 2.58.